The first-order chi connectivity index (χ1) is 8.79. The van der Waals surface area contributed by atoms with Crippen molar-refractivity contribution < 1.29 is 8.78 Å². The van der Waals surface area contributed by atoms with Crippen LogP contribution in [-0.2, 0) is 0 Å². The maximum absolute atomic E-state index is 13.9. The van der Waals surface area contributed by atoms with Gasteiger partial charge in [0.05, 0.1) is 10.7 Å². The number of nitrogens with one attached hydrogen (secondary N) is 1. The Morgan fingerprint density at radius 1 is 1.32 bits per heavy atom. The first kappa shape index (κ1) is 14.5. The molecule has 0 amide bonds. The van der Waals surface area contributed by atoms with Crippen molar-refractivity contribution in [3.05, 3.63) is 28.8 Å². The molecule has 1 heterocycles. The van der Waals surface area contributed by atoms with Crippen LogP contribution in [0.15, 0.2) is 12.1 Å². The van der Waals surface area contributed by atoms with Crippen molar-refractivity contribution in [2.45, 2.75) is 26.8 Å². The summed E-state index contributed by atoms with van der Waals surface area (Å²) < 4.78 is 27.0. The summed E-state index contributed by atoms with van der Waals surface area (Å²) in [5.41, 5.74) is 0.376. The molecule has 1 aromatic carbocycles. The second-order valence-electron chi connectivity index (χ2n) is 6.04. The Balaban J connectivity index is 2.27. The molecule has 1 N–H and O–H groups in total. The van der Waals surface area contributed by atoms with Gasteiger partial charge in [0, 0.05) is 31.7 Å². The highest BCUT2D eigenvalue weighted by Gasteiger charge is 2.31. The van der Waals surface area contributed by atoms with Gasteiger partial charge in [-0.1, -0.05) is 32.4 Å². The van der Waals surface area contributed by atoms with Crippen LogP contribution in [0.4, 0.5) is 14.5 Å². The van der Waals surface area contributed by atoms with Crippen molar-refractivity contribution in [3.8, 4) is 0 Å². The van der Waals surface area contributed by atoms with Crippen molar-refractivity contribution in [1.82, 2.24) is 5.32 Å². The molecule has 2 rings (SSSR count). The van der Waals surface area contributed by atoms with Gasteiger partial charge < -0.3 is 10.2 Å². The first-order valence-corrected chi connectivity index (χ1v) is 6.79. The smallest absolute Gasteiger partial charge is 0.150 e. The van der Waals surface area contributed by atoms with E-state index in [0.29, 0.717) is 18.8 Å². The van der Waals surface area contributed by atoms with Crippen LogP contribution in [0.1, 0.15) is 20.8 Å². The Hall–Kier alpha value is -0.870. The molecule has 1 unspecified atom stereocenters. The van der Waals surface area contributed by atoms with Crippen molar-refractivity contribution >= 4 is 17.3 Å². The predicted molar refractivity (Wildman–Crippen MR) is 74.8 cm³/mol. The van der Waals surface area contributed by atoms with E-state index in [1.54, 1.807) is 0 Å². The Labute approximate surface area is 117 Å². The minimum Gasteiger partial charge on any atom is -0.365 e. The number of hydrogen-bond donors (Lipinski definition) is 1. The molecule has 0 aliphatic carbocycles. The van der Waals surface area contributed by atoms with E-state index in [2.05, 4.69) is 26.1 Å². The van der Waals surface area contributed by atoms with Gasteiger partial charge in [0.2, 0.25) is 0 Å². The second kappa shape index (κ2) is 5.25. The third-order valence-corrected chi connectivity index (χ3v) is 3.81. The van der Waals surface area contributed by atoms with E-state index < -0.39 is 11.6 Å². The fourth-order valence-electron chi connectivity index (χ4n) is 2.37. The minimum absolute atomic E-state index is 0.0711. The molecule has 1 aromatic rings. The molecule has 19 heavy (non-hydrogen) atoms. The van der Waals surface area contributed by atoms with Crippen LogP contribution in [0.2, 0.25) is 5.02 Å². The van der Waals surface area contributed by atoms with E-state index in [1.807, 2.05) is 4.90 Å². The molecule has 1 aliphatic heterocycles. The Morgan fingerprint density at radius 2 is 2.00 bits per heavy atom. The van der Waals surface area contributed by atoms with Crippen LogP contribution in [-0.4, -0.2) is 25.7 Å². The monoisotopic (exact) mass is 288 g/mol. The minimum atomic E-state index is -0.645. The van der Waals surface area contributed by atoms with Gasteiger partial charge in [-0.2, -0.15) is 0 Å². The largest absolute Gasteiger partial charge is 0.365 e. The van der Waals surface area contributed by atoms with Gasteiger partial charge >= 0.3 is 0 Å². The average Bonchev–Trinajstić information content (AvgIpc) is 2.26. The van der Waals surface area contributed by atoms with Gasteiger partial charge in [-0.15, -0.1) is 0 Å². The summed E-state index contributed by atoms with van der Waals surface area (Å²) in [4.78, 5) is 1.89. The van der Waals surface area contributed by atoms with Crippen molar-refractivity contribution in [2.75, 3.05) is 24.5 Å². The van der Waals surface area contributed by atoms with E-state index in [0.717, 1.165) is 18.7 Å². The summed E-state index contributed by atoms with van der Waals surface area (Å²) in [6.07, 6.45) is 0. The molecule has 0 spiro atoms. The van der Waals surface area contributed by atoms with Crippen LogP contribution < -0.4 is 10.2 Å². The Bertz CT molecular complexity index is 448. The van der Waals surface area contributed by atoms with Crippen molar-refractivity contribution in [3.63, 3.8) is 0 Å². The van der Waals surface area contributed by atoms with Crippen LogP contribution >= 0.6 is 11.6 Å². The summed E-state index contributed by atoms with van der Waals surface area (Å²) >= 11 is 5.99. The number of hydrogen-bond acceptors (Lipinski definition) is 2. The molecule has 2 nitrogen and oxygen atoms in total. The summed E-state index contributed by atoms with van der Waals surface area (Å²) in [5.74, 6) is -1.24. The molecule has 1 fully saturated rings. The molecular formula is C14H19ClF2N2. The molecule has 1 saturated heterocycles. The lowest BCUT2D eigenvalue weighted by Crippen LogP contribution is -2.56. The zero-order chi connectivity index (χ0) is 14.2. The number of rotatable bonds is 1. The van der Waals surface area contributed by atoms with E-state index in [9.17, 15) is 8.78 Å². The highest BCUT2D eigenvalue weighted by molar-refractivity contribution is 6.33. The normalized spacial score (nSPS) is 20.7. The lowest BCUT2D eigenvalue weighted by molar-refractivity contribution is 0.253. The SMILES string of the molecule is CC(C)(C)C1CN(c2c(F)cc(F)cc2Cl)CCN1. The van der Waals surface area contributed by atoms with Gasteiger partial charge in [0.1, 0.15) is 5.82 Å². The number of benzene rings is 1. The summed E-state index contributed by atoms with van der Waals surface area (Å²) in [7, 11) is 0. The summed E-state index contributed by atoms with van der Waals surface area (Å²) in [5, 5.41) is 3.56. The highest BCUT2D eigenvalue weighted by atomic mass is 35.5. The Morgan fingerprint density at radius 3 is 2.58 bits per heavy atom. The molecule has 0 aromatic heterocycles. The summed E-state index contributed by atoms with van der Waals surface area (Å²) in [6, 6.07) is 2.28. The predicted octanol–water partition coefficient (Wildman–Crippen LogP) is 3.44. The first-order valence-electron chi connectivity index (χ1n) is 6.42. The number of halogens is 3. The number of piperazine rings is 1. The zero-order valence-electron chi connectivity index (χ0n) is 11.4. The van der Waals surface area contributed by atoms with Gasteiger partial charge in [-0.05, 0) is 11.5 Å². The van der Waals surface area contributed by atoms with Crippen LogP contribution in [0.25, 0.3) is 0 Å². The third kappa shape index (κ3) is 3.18. The van der Waals surface area contributed by atoms with Crippen LogP contribution in [0.5, 0.6) is 0 Å². The molecule has 0 bridgehead atoms. The molecular weight excluding hydrogens is 270 g/mol. The van der Waals surface area contributed by atoms with Gasteiger partial charge in [0.25, 0.3) is 0 Å². The van der Waals surface area contributed by atoms with Gasteiger partial charge in [-0.25, -0.2) is 8.78 Å². The third-order valence-electron chi connectivity index (χ3n) is 3.52. The molecule has 5 heteroatoms. The average molecular weight is 289 g/mol. The molecule has 1 aliphatic rings. The van der Waals surface area contributed by atoms with Crippen LogP contribution in [0, 0.1) is 17.0 Å². The topological polar surface area (TPSA) is 15.3 Å². The lowest BCUT2D eigenvalue weighted by atomic mass is 9.85. The molecule has 1 atom stereocenters. The van der Waals surface area contributed by atoms with E-state index in [-0.39, 0.29) is 16.5 Å². The lowest BCUT2D eigenvalue weighted by Gasteiger charge is -2.41. The quantitative estimate of drug-likeness (QED) is 0.851. The molecule has 0 radical (unpaired) electrons. The van der Waals surface area contributed by atoms with Crippen LogP contribution in [0.3, 0.4) is 0 Å². The Kier molecular flexibility index (Phi) is 4.02. The van der Waals surface area contributed by atoms with Gasteiger partial charge in [0.15, 0.2) is 5.82 Å². The fraction of sp³-hybridized carbons (Fsp3) is 0.571. The number of nitrogens with zero attached hydrogens (tertiary/aromatic N) is 1. The number of anilines is 1. The molecule has 106 valence electrons. The maximum Gasteiger partial charge on any atom is 0.150 e. The van der Waals surface area contributed by atoms with E-state index >= 15 is 0 Å². The van der Waals surface area contributed by atoms with Gasteiger partial charge in [-0.3, -0.25) is 0 Å². The molecule has 0 saturated carbocycles. The standard InChI is InChI=1S/C14H19ClF2N2/c1-14(2,3)12-8-19(5-4-18-12)13-10(15)6-9(16)7-11(13)17/h6-7,12,18H,4-5,8H2,1-3H3. The van der Waals surface area contributed by atoms with Crippen molar-refractivity contribution in [1.29, 1.82) is 0 Å². The maximum atomic E-state index is 13.9. The fourth-order valence-corrected chi connectivity index (χ4v) is 2.68. The van der Waals surface area contributed by atoms with E-state index in [4.69, 9.17) is 11.6 Å². The second-order valence-corrected chi connectivity index (χ2v) is 6.44. The van der Waals surface area contributed by atoms with E-state index in [1.165, 1.54) is 0 Å². The zero-order valence-corrected chi connectivity index (χ0v) is 12.2. The van der Waals surface area contributed by atoms with Crippen molar-refractivity contribution in [2.24, 2.45) is 5.41 Å². The highest BCUT2D eigenvalue weighted by Crippen LogP contribution is 2.32. The summed E-state index contributed by atoms with van der Waals surface area (Å²) in [6.45, 7) is 8.49.